The van der Waals surface area contributed by atoms with E-state index in [0.717, 1.165) is 51.5 Å². The molecule has 0 radical (unpaired) electrons. The first-order valence-electron chi connectivity index (χ1n) is 12.1. The van der Waals surface area contributed by atoms with Gasteiger partial charge in [0.1, 0.15) is 5.75 Å². The lowest BCUT2D eigenvalue weighted by Gasteiger charge is -2.36. The molecule has 5 nitrogen and oxygen atoms in total. The second-order valence-electron chi connectivity index (χ2n) is 8.95. The molecule has 0 spiro atoms. The van der Waals surface area contributed by atoms with Crippen molar-refractivity contribution in [2.45, 2.75) is 12.7 Å². The third-order valence-corrected chi connectivity index (χ3v) is 7.86. The number of fused-ring (bicyclic) bond motifs is 1. The molecule has 1 saturated heterocycles. The molecule has 36 heavy (non-hydrogen) atoms. The highest BCUT2D eigenvalue weighted by molar-refractivity contribution is 7.20. The molecule has 1 amide bonds. The summed E-state index contributed by atoms with van der Waals surface area (Å²) in [6.07, 6.45) is -0.135. The van der Waals surface area contributed by atoms with Crippen molar-refractivity contribution in [3.8, 4) is 5.75 Å². The minimum Gasteiger partial charge on any atom is -0.497 e. The number of piperazine rings is 1. The van der Waals surface area contributed by atoms with Gasteiger partial charge in [0.2, 0.25) is 0 Å². The molecule has 4 aromatic rings. The van der Waals surface area contributed by atoms with Gasteiger partial charge in [-0.25, -0.2) is 0 Å². The Morgan fingerprint density at radius 3 is 2.56 bits per heavy atom. The summed E-state index contributed by atoms with van der Waals surface area (Å²) in [4.78, 5) is 18.3. The number of hydrogen-bond acceptors (Lipinski definition) is 5. The number of methoxy groups -OCH3 is 1. The van der Waals surface area contributed by atoms with Crippen molar-refractivity contribution in [3.05, 3.63) is 99.9 Å². The van der Waals surface area contributed by atoms with E-state index in [0.29, 0.717) is 24.7 Å². The Bertz CT molecular complexity index is 1300. The third kappa shape index (κ3) is 5.90. The van der Waals surface area contributed by atoms with E-state index in [9.17, 15) is 4.79 Å². The second-order valence-corrected chi connectivity index (χ2v) is 10.5. The van der Waals surface area contributed by atoms with Crippen LogP contribution in [0.25, 0.3) is 10.1 Å². The van der Waals surface area contributed by atoms with E-state index < -0.39 is 0 Å². The molecular weight excluding hydrogens is 492 g/mol. The minimum absolute atomic E-state index is 0.123. The van der Waals surface area contributed by atoms with Crippen molar-refractivity contribution in [3.63, 3.8) is 0 Å². The summed E-state index contributed by atoms with van der Waals surface area (Å²) in [6.45, 7) is 4.21. The maximum Gasteiger partial charge on any atom is 0.264 e. The number of amides is 1. The lowest BCUT2D eigenvalue weighted by atomic mass is 10.1. The van der Waals surface area contributed by atoms with E-state index in [1.165, 1.54) is 0 Å². The zero-order chi connectivity index (χ0) is 24.9. The number of nitrogens with zero attached hydrogens (tertiary/aromatic N) is 2. The summed E-state index contributed by atoms with van der Waals surface area (Å²) in [7, 11) is 1.67. The Kier molecular flexibility index (Phi) is 7.87. The largest absolute Gasteiger partial charge is 0.497 e. The second kappa shape index (κ2) is 11.4. The summed E-state index contributed by atoms with van der Waals surface area (Å²) in [6, 6.07) is 26.0. The van der Waals surface area contributed by atoms with Gasteiger partial charge in [0.05, 0.1) is 24.7 Å². The number of benzene rings is 3. The van der Waals surface area contributed by atoms with Crippen molar-refractivity contribution in [2.75, 3.05) is 39.8 Å². The topological polar surface area (TPSA) is 42.0 Å². The fourth-order valence-electron chi connectivity index (χ4n) is 4.53. The van der Waals surface area contributed by atoms with Crippen LogP contribution in [0.5, 0.6) is 5.75 Å². The van der Waals surface area contributed by atoms with E-state index in [1.807, 2.05) is 65.6 Å². The Balaban J connectivity index is 1.24. The van der Waals surface area contributed by atoms with Gasteiger partial charge in [0.15, 0.2) is 0 Å². The van der Waals surface area contributed by atoms with E-state index in [4.69, 9.17) is 21.1 Å². The van der Waals surface area contributed by atoms with E-state index >= 15 is 0 Å². The molecule has 2 heterocycles. The van der Waals surface area contributed by atoms with Gasteiger partial charge in [-0.05, 0) is 52.9 Å². The van der Waals surface area contributed by atoms with Crippen LogP contribution in [0.15, 0.2) is 78.9 Å². The van der Waals surface area contributed by atoms with Crippen molar-refractivity contribution in [1.82, 2.24) is 9.80 Å². The standard InChI is InChI=1S/C29H29ClN2O3S/c1-34-25-10-5-8-22(17-25)26(35-20-21-6-4-9-24(30)16-21)19-31-12-14-32(15-13-31)29(33)28-18-23-7-2-3-11-27(23)36-28/h2-11,16-18,26H,12-15,19-20H2,1H3. The van der Waals surface area contributed by atoms with Crippen LogP contribution in [-0.2, 0) is 11.3 Å². The minimum atomic E-state index is -0.135. The third-order valence-electron chi connectivity index (χ3n) is 6.53. The predicted octanol–water partition coefficient (Wildman–Crippen LogP) is 6.28. The molecule has 1 aliphatic rings. The maximum atomic E-state index is 13.1. The SMILES string of the molecule is COc1cccc(C(CN2CCN(C(=O)c3cc4ccccc4s3)CC2)OCc2cccc(Cl)c2)c1. The summed E-state index contributed by atoms with van der Waals surface area (Å²) in [5.74, 6) is 0.931. The number of rotatable bonds is 8. The molecule has 0 bridgehead atoms. The molecule has 1 atom stereocenters. The molecule has 0 aliphatic carbocycles. The zero-order valence-electron chi connectivity index (χ0n) is 20.2. The van der Waals surface area contributed by atoms with Crippen LogP contribution in [0.3, 0.4) is 0 Å². The number of halogens is 1. The van der Waals surface area contributed by atoms with Crippen LogP contribution in [0.4, 0.5) is 0 Å². The lowest BCUT2D eigenvalue weighted by molar-refractivity contribution is 0.00339. The highest BCUT2D eigenvalue weighted by Gasteiger charge is 2.26. The Labute approximate surface area is 220 Å². The quantitative estimate of drug-likeness (QED) is 0.274. The Morgan fingerprint density at radius 2 is 1.78 bits per heavy atom. The van der Waals surface area contributed by atoms with Crippen LogP contribution < -0.4 is 4.74 Å². The van der Waals surface area contributed by atoms with Gasteiger partial charge in [-0.1, -0.05) is 54.1 Å². The Morgan fingerprint density at radius 1 is 0.972 bits per heavy atom. The lowest BCUT2D eigenvalue weighted by Crippen LogP contribution is -2.49. The molecule has 186 valence electrons. The number of carbonyl (C=O) groups is 1. The van der Waals surface area contributed by atoms with E-state index in [1.54, 1.807) is 18.4 Å². The number of carbonyl (C=O) groups excluding carboxylic acids is 1. The van der Waals surface area contributed by atoms with Gasteiger partial charge in [-0.15, -0.1) is 11.3 Å². The van der Waals surface area contributed by atoms with Gasteiger partial charge in [-0.3, -0.25) is 9.69 Å². The van der Waals surface area contributed by atoms with E-state index in [-0.39, 0.29) is 12.0 Å². The van der Waals surface area contributed by atoms with Crippen molar-refractivity contribution in [2.24, 2.45) is 0 Å². The van der Waals surface area contributed by atoms with Crippen LogP contribution in [0, 0.1) is 0 Å². The molecule has 0 saturated carbocycles. The Hall–Kier alpha value is -2.90. The fourth-order valence-corrected chi connectivity index (χ4v) is 5.77. The number of thiophene rings is 1. The monoisotopic (exact) mass is 520 g/mol. The molecule has 7 heteroatoms. The highest BCUT2D eigenvalue weighted by Crippen LogP contribution is 2.28. The van der Waals surface area contributed by atoms with Gasteiger partial charge < -0.3 is 14.4 Å². The first-order chi connectivity index (χ1) is 17.6. The summed E-state index contributed by atoms with van der Waals surface area (Å²) in [5, 5.41) is 1.83. The fraction of sp³-hybridized carbons (Fsp3) is 0.276. The summed E-state index contributed by atoms with van der Waals surface area (Å²) < 4.78 is 13.0. The number of ether oxygens (including phenoxy) is 2. The number of hydrogen-bond donors (Lipinski definition) is 0. The van der Waals surface area contributed by atoms with Crippen molar-refractivity contribution in [1.29, 1.82) is 0 Å². The normalized spacial score (nSPS) is 15.2. The van der Waals surface area contributed by atoms with Crippen LogP contribution in [0.1, 0.15) is 26.9 Å². The molecule has 1 fully saturated rings. The van der Waals surface area contributed by atoms with Crippen molar-refractivity contribution < 1.29 is 14.3 Å². The average molecular weight is 521 g/mol. The van der Waals surface area contributed by atoms with Crippen LogP contribution in [0.2, 0.25) is 5.02 Å². The average Bonchev–Trinajstić information content (AvgIpc) is 3.35. The summed E-state index contributed by atoms with van der Waals surface area (Å²) in [5.41, 5.74) is 2.11. The van der Waals surface area contributed by atoms with E-state index in [2.05, 4.69) is 23.1 Å². The van der Waals surface area contributed by atoms with Crippen molar-refractivity contribution >= 4 is 38.9 Å². The van der Waals surface area contributed by atoms with Gasteiger partial charge in [0, 0.05) is 42.4 Å². The smallest absolute Gasteiger partial charge is 0.264 e. The first-order valence-corrected chi connectivity index (χ1v) is 13.3. The molecule has 5 rings (SSSR count). The van der Waals surface area contributed by atoms with Crippen LogP contribution >= 0.6 is 22.9 Å². The molecular formula is C29H29ClN2O3S. The van der Waals surface area contributed by atoms with Crippen LogP contribution in [-0.4, -0.2) is 55.5 Å². The zero-order valence-corrected chi connectivity index (χ0v) is 21.8. The predicted molar refractivity (Wildman–Crippen MR) is 146 cm³/mol. The highest BCUT2D eigenvalue weighted by atomic mass is 35.5. The van der Waals surface area contributed by atoms with Gasteiger partial charge in [0.25, 0.3) is 5.91 Å². The molecule has 0 N–H and O–H groups in total. The molecule has 3 aromatic carbocycles. The molecule has 1 aliphatic heterocycles. The first kappa shape index (κ1) is 24.8. The molecule has 1 unspecified atom stereocenters. The van der Waals surface area contributed by atoms with Gasteiger partial charge >= 0.3 is 0 Å². The van der Waals surface area contributed by atoms with Gasteiger partial charge in [-0.2, -0.15) is 0 Å². The summed E-state index contributed by atoms with van der Waals surface area (Å²) >= 11 is 7.74. The molecule has 1 aromatic heterocycles. The maximum absolute atomic E-state index is 13.1.